The first kappa shape index (κ1) is 14.1. The van der Waals surface area contributed by atoms with Gasteiger partial charge in [0.25, 0.3) is 11.8 Å². The third kappa shape index (κ3) is 3.38. The van der Waals surface area contributed by atoms with Gasteiger partial charge in [-0.25, -0.2) is 4.39 Å². The summed E-state index contributed by atoms with van der Waals surface area (Å²) >= 11 is 0. The Hall–Kier alpha value is -2.30. The summed E-state index contributed by atoms with van der Waals surface area (Å²) in [5.74, 6) is -4.50. The molecule has 0 saturated heterocycles. The summed E-state index contributed by atoms with van der Waals surface area (Å²) in [6, 6.07) is 12.1. The van der Waals surface area contributed by atoms with Crippen molar-refractivity contribution < 1.29 is 18.0 Å². The normalized spacial score (nSPS) is 11.2. The fourth-order valence-electron chi connectivity index (χ4n) is 1.71. The molecule has 0 radical (unpaired) electrons. The Morgan fingerprint density at radius 3 is 2.40 bits per heavy atom. The van der Waals surface area contributed by atoms with Crippen LogP contribution in [0.3, 0.4) is 0 Å². The van der Waals surface area contributed by atoms with E-state index in [1.54, 1.807) is 6.07 Å². The van der Waals surface area contributed by atoms with Gasteiger partial charge in [-0.05, 0) is 18.2 Å². The van der Waals surface area contributed by atoms with Crippen LogP contribution in [0, 0.1) is 5.82 Å². The number of hydrogen-bond acceptors (Lipinski definition) is 1. The Morgan fingerprint density at radius 1 is 1.05 bits per heavy atom. The van der Waals surface area contributed by atoms with Gasteiger partial charge in [-0.2, -0.15) is 8.78 Å². The Morgan fingerprint density at radius 2 is 1.75 bits per heavy atom. The van der Waals surface area contributed by atoms with Crippen LogP contribution in [0.2, 0.25) is 0 Å². The van der Waals surface area contributed by atoms with Crippen molar-refractivity contribution in [3.8, 4) is 0 Å². The second-order valence-electron chi connectivity index (χ2n) is 4.26. The molecule has 0 unspecified atom stereocenters. The first-order chi connectivity index (χ1) is 9.49. The number of nitrogens with one attached hydrogen (secondary N) is 1. The fraction of sp³-hybridized carbons (Fsp3) is 0.133. The lowest BCUT2D eigenvalue weighted by Gasteiger charge is -2.17. The molecule has 0 bridgehead atoms. The third-order valence-electron chi connectivity index (χ3n) is 2.75. The number of carbonyl (C=O) groups is 1. The summed E-state index contributed by atoms with van der Waals surface area (Å²) in [5, 5.41) is 2.11. The quantitative estimate of drug-likeness (QED) is 0.913. The average molecular weight is 279 g/mol. The standard InChI is InChI=1S/C15H12F3NO/c16-13-8-4-5-11(9-13)14(20)19-10-15(17,18)12-6-2-1-3-7-12/h1-9H,10H2,(H,19,20). The van der Waals surface area contributed by atoms with Gasteiger partial charge in [0.15, 0.2) is 0 Å². The van der Waals surface area contributed by atoms with Crippen LogP contribution in [0.15, 0.2) is 54.6 Å². The van der Waals surface area contributed by atoms with Gasteiger partial charge in [-0.1, -0.05) is 36.4 Å². The van der Waals surface area contributed by atoms with E-state index in [2.05, 4.69) is 5.32 Å². The van der Waals surface area contributed by atoms with E-state index in [1.807, 2.05) is 0 Å². The Balaban J connectivity index is 2.03. The second kappa shape index (κ2) is 5.77. The molecule has 0 saturated carbocycles. The molecule has 2 aromatic carbocycles. The van der Waals surface area contributed by atoms with Crippen molar-refractivity contribution in [1.29, 1.82) is 0 Å². The molecule has 2 nitrogen and oxygen atoms in total. The van der Waals surface area contributed by atoms with Crippen LogP contribution in [0.25, 0.3) is 0 Å². The summed E-state index contributed by atoms with van der Waals surface area (Å²) in [6.45, 7) is -0.841. The highest BCUT2D eigenvalue weighted by atomic mass is 19.3. The minimum Gasteiger partial charge on any atom is -0.346 e. The zero-order chi connectivity index (χ0) is 14.6. The molecule has 1 amide bonds. The van der Waals surface area contributed by atoms with E-state index in [1.165, 1.54) is 42.5 Å². The van der Waals surface area contributed by atoms with Gasteiger partial charge in [0.2, 0.25) is 0 Å². The molecule has 0 aromatic heterocycles. The lowest BCUT2D eigenvalue weighted by molar-refractivity contribution is -0.00247. The molecule has 0 atom stereocenters. The highest BCUT2D eigenvalue weighted by molar-refractivity contribution is 5.94. The number of amides is 1. The molecular formula is C15H12F3NO. The number of halogens is 3. The highest BCUT2D eigenvalue weighted by Crippen LogP contribution is 2.26. The molecule has 2 rings (SSSR count). The van der Waals surface area contributed by atoms with Crippen LogP contribution in [-0.4, -0.2) is 12.5 Å². The molecule has 0 heterocycles. The molecule has 20 heavy (non-hydrogen) atoms. The van der Waals surface area contributed by atoms with E-state index in [0.29, 0.717) is 0 Å². The Kier molecular flexibility index (Phi) is 4.08. The number of carbonyl (C=O) groups excluding carboxylic acids is 1. The second-order valence-corrected chi connectivity index (χ2v) is 4.26. The zero-order valence-electron chi connectivity index (χ0n) is 10.4. The van der Waals surface area contributed by atoms with Gasteiger partial charge in [-0.15, -0.1) is 0 Å². The molecular weight excluding hydrogens is 267 g/mol. The number of benzene rings is 2. The molecule has 0 fully saturated rings. The van der Waals surface area contributed by atoms with Gasteiger partial charge >= 0.3 is 0 Å². The van der Waals surface area contributed by atoms with Crippen molar-refractivity contribution in [3.63, 3.8) is 0 Å². The molecule has 0 aliphatic rings. The first-order valence-electron chi connectivity index (χ1n) is 5.96. The van der Waals surface area contributed by atoms with Crippen LogP contribution in [0.4, 0.5) is 13.2 Å². The molecule has 0 aliphatic heterocycles. The first-order valence-corrected chi connectivity index (χ1v) is 5.96. The van der Waals surface area contributed by atoms with Gasteiger partial charge in [0.05, 0.1) is 6.54 Å². The molecule has 0 aliphatic carbocycles. The topological polar surface area (TPSA) is 29.1 Å². The summed E-state index contributed by atoms with van der Waals surface area (Å²) in [4.78, 5) is 11.7. The maximum Gasteiger partial charge on any atom is 0.290 e. The molecule has 5 heteroatoms. The lowest BCUT2D eigenvalue weighted by Crippen LogP contribution is -2.35. The zero-order valence-corrected chi connectivity index (χ0v) is 10.4. The van der Waals surface area contributed by atoms with Crippen molar-refractivity contribution in [3.05, 3.63) is 71.5 Å². The van der Waals surface area contributed by atoms with Crippen LogP contribution < -0.4 is 5.32 Å². The fourth-order valence-corrected chi connectivity index (χ4v) is 1.71. The minimum atomic E-state index is -3.18. The Labute approximate surface area is 114 Å². The van der Waals surface area contributed by atoms with Crippen molar-refractivity contribution in [2.24, 2.45) is 0 Å². The smallest absolute Gasteiger partial charge is 0.290 e. The highest BCUT2D eigenvalue weighted by Gasteiger charge is 2.31. The van der Waals surface area contributed by atoms with E-state index >= 15 is 0 Å². The van der Waals surface area contributed by atoms with E-state index in [9.17, 15) is 18.0 Å². The lowest BCUT2D eigenvalue weighted by atomic mass is 10.1. The maximum absolute atomic E-state index is 13.8. The molecule has 0 spiro atoms. The minimum absolute atomic E-state index is 0.00821. The average Bonchev–Trinajstić information content (AvgIpc) is 2.46. The third-order valence-corrected chi connectivity index (χ3v) is 2.75. The van der Waals surface area contributed by atoms with Gasteiger partial charge < -0.3 is 5.32 Å². The summed E-state index contributed by atoms with van der Waals surface area (Å²) in [7, 11) is 0. The summed E-state index contributed by atoms with van der Waals surface area (Å²) in [6.07, 6.45) is 0. The van der Waals surface area contributed by atoms with Gasteiger partial charge in [0, 0.05) is 11.1 Å². The number of hydrogen-bond donors (Lipinski definition) is 1. The van der Waals surface area contributed by atoms with Crippen molar-refractivity contribution in [2.75, 3.05) is 6.54 Å². The van der Waals surface area contributed by atoms with E-state index in [-0.39, 0.29) is 11.1 Å². The van der Waals surface area contributed by atoms with E-state index in [4.69, 9.17) is 0 Å². The SMILES string of the molecule is O=C(NCC(F)(F)c1ccccc1)c1cccc(F)c1. The maximum atomic E-state index is 13.8. The largest absolute Gasteiger partial charge is 0.346 e. The van der Waals surface area contributed by atoms with E-state index < -0.39 is 24.2 Å². The summed E-state index contributed by atoms with van der Waals surface area (Å²) in [5.41, 5.74) is -0.173. The number of rotatable bonds is 4. The van der Waals surface area contributed by atoms with E-state index in [0.717, 1.165) is 6.07 Å². The van der Waals surface area contributed by atoms with Crippen LogP contribution in [-0.2, 0) is 5.92 Å². The summed E-state index contributed by atoms with van der Waals surface area (Å²) < 4.78 is 40.6. The molecule has 1 N–H and O–H groups in total. The van der Waals surface area contributed by atoms with Gasteiger partial charge in [0.1, 0.15) is 5.82 Å². The van der Waals surface area contributed by atoms with Crippen molar-refractivity contribution in [1.82, 2.24) is 5.32 Å². The molecule has 104 valence electrons. The Bertz CT molecular complexity index is 599. The van der Waals surface area contributed by atoms with Crippen LogP contribution >= 0.6 is 0 Å². The monoisotopic (exact) mass is 279 g/mol. The predicted octanol–water partition coefficient (Wildman–Crippen LogP) is 3.35. The van der Waals surface area contributed by atoms with Gasteiger partial charge in [-0.3, -0.25) is 4.79 Å². The van der Waals surface area contributed by atoms with Crippen LogP contribution in [0.5, 0.6) is 0 Å². The molecule has 2 aromatic rings. The van der Waals surface area contributed by atoms with Crippen molar-refractivity contribution in [2.45, 2.75) is 5.92 Å². The van der Waals surface area contributed by atoms with Crippen LogP contribution in [0.1, 0.15) is 15.9 Å². The van der Waals surface area contributed by atoms with Crippen molar-refractivity contribution >= 4 is 5.91 Å². The predicted molar refractivity (Wildman–Crippen MR) is 69.1 cm³/mol. The number of alkyl halides is 2.